The van der Waals surface area contributed by atoms with Gasteiger partial charge >= 0.3 is 0 Å². The number of sulfonamides is 1. The number of aromatic nitrogens is 3. The molecule has 2 heterocycles. The van der Waals surface area contributed by atoms with Gasteiger partial charge in [-0.25, -0.2) is 23.1 Å². The zero-order valence-corrected chi connectivity index (χ0v) is 15.5. The highest BCUT2D eigenvalue weighted by Crippen LogP contribution is 2.12. The summed E-state index contributed by atoms with van der Waals surface area (Å²) in [7, 11) is -3.52. The van der Waals surface area contributed by atoms with Gasteiger partial charge in [0.05, 0.1) is 4.90 Å². The van der Waals surface area contributed by atoms with Crippen LogP contribution in [0, 0.1) is 13.8 Å². The van der Waals surface area contributed by atoms with Gasteiger partial charge < -0.3 is 9.88 Å². The van der Waals surface area contributed by atoms with Gasteiger partial charge in [-0.3, -0.25) is 0 Å². The van der Waals surface area contributed by atoms with Crippen LogP contribution in [0.15, 0.2) is 59.8 Å². The van der Waals surface area contributed by atoms with Crippen molar-refractivity contribution in [2.45, 2.75) is 18.7 Å². The SMILES string of the molecule is Cc1cccc(S(=O)(=O)NCCNc2cc(-n3cccc3)nc(C)n2)c1. The van der Waals surface area contributed by atoms with E-state index in [1.54, 1.807) is 18.2 Å². The second kappa shape index (κ2) is 7.67. The van der Waals surface area contributed by atoms with Crippen molar-refractivity contribution in [1.82, 2.24) is 19.3 Å². The standard InChI is InChI=1S/C18H21N5O2S/c1-14-6-5-7-16(12-14)26(24,25)20-9-8-19-17-13-18(22-15(2)21-17)23-10-3-4-11-23/h3-7,10-13,20H,8-9H2,1-2H3,(H,19,21,22). The predicted octanol–water partition coefficient (Wildman–Crippen LogP) is 2.27. The summed E-state index contributed by atoms with van der Waals surface area (Å²) in [5, 5.41) is 3.13. The predicted molar refractivity (Wildman–Crippen MR) is 101 cm³/mol. The number of nitrogens with one attached hydrogen (secondary N) is 2. The highest BCUT2D eigenvalue weighted by molar-refractivity contribution is 7.89. The molecule has 3 rings (SSSR count). The van der Waals surface area contributed by atoms with Crippen LogP contribution < -0.4 is 10.0 Å². The monoisotopic (exact) mass is 371 g/mol. The van der Waals surface area contributed by atoms with Gasteiger partial charge in [-0.2, -0.15) is 0 Å². The minimum atomic E-state index is -3.52. The van der Waals surface area contributed by atoms with Gasteiger partial charge in [0.1, 0.15) is 17.5 Å². The van der Waals surface area contributed by atoms with E-state index in [9.17, 15) is 8.42 Å². The van der Waals surface area contributed by atoms with Crippen molar-refractivity contribution >= 4 is 15.8 Å². The van der Waals surface area contributed by atoms with Gasteiger partial charge in [0.15, 0.2) is 0 Å². The first kappa shape index (κ1) is 18.1. The van der Waals surface area contributed by atoms with Gasteiger partial charge in [-0.15, -0.1) is 0 Å². The first-order chi connectivity index (χ1) is 12.4. The molecule has 1 aromatic carbocycles. The Labute approximate surface area is 153 Å². The van der Waals surface area contributed by atoms with Crippen LogP contribution >= 0.6 is 0 Å². The molecule has 0 spiro atoms. The molecule has 0 saturated carbocycles. The molecule has 2 aromatic heterocycles. The Morgan fingerprint density at radius 2 is 1.77 bits per heavy atom. The number of anilines is 1. The molecule has 7 nitrogen and oxygen atoms in total. The Morgan fingerprint density at radius 1 is 1.00 bits per heavy atom. The fourth-order valence-corrected chi connectivity index (χ4v) is 3.64. The number of hydrogen-bond donors (Lipinski definition) is 2. The van der Waals surface area contributed by atoms with Crippen LogP contribution in [0.2, 0.25) is 0 Å². The van der Waals surface area contributed by atoms with E-state index in [0.29, 0.717) is 18.2 Å². The molecule has 0 radical (unpaired) electrons. The summed E-state index contributed by atoms with van der Waals surface area (Å²) < 4.78 is 29.1. The Bertz CT molecular complexity index is 985. The summed E-state index contributed by atoms with van der Waals surface area (Å²) in [4.78, 5) is 9.00. The molecule has 0 unspecified atom stereocenters. The van der Waals surface area contributed by atoms with Gasteiger partial charge in [0.25, 0.3) is 0 Å². The zero-order valence-electron chi connectivity index (χ0n) is 14.7. The topological polar surface area (TPSA) is 88.9 Å². The Hall–Kier alpha value is -2.71. The fraction of sp³-hybridized carbons (Fsp3) is 0.222. The summed E-state index contributed by atoms with van der Waals surface area (Å²) in [6.45, 7) is 4.34. The second-order valence-electron chi connectivity index (χ2n) is 5.89. The van der Waals surface area contributed by atoms with E-state index in [-0.39, 0.29) is 11.4 Å². The van der Waals surface area contributed by atoms with Crippen LogP contribution in [0.3, 0.4) is 0 Å². The number of aryl methyl sites for hydroxylation is 2. The van der Waals surface area contributed by atoms with Crippen LogP contribution in [-0.4, -0.2) is 36.0 Å². The average Bonchev–Trinajstić information content (AvgIpc) is 3.13. The first-order valence-corrected chi connectivity index (χ1v) is 9.72. The summed E-state index contributed by atoms with van der Waals surface area (Å²) >= 11 is 0. The fourth-order valence-electron chi connectivity index (χ4n) is 2.50. The Kier molecular flexibility index (Phi) is 5.34. The van der Waals surface area contributed by atoms with E-state index in [1.165, 1.54) is 0 Å². The number of hydrogen-bond acceptors (Lipinski definition) is 5. The molecule has 0 aliphatic rings. The van der Waals surface area contributed by atoms with Crippen LogP contribution in [0.25, 0.3) is 5.82 Å². The number of rotatable bonds is 7. The van der Waals surface area contributed by atoms with Crippen molar-refractivity contribution in [3.8, 4) is 5.82 Å². The van der Waals surface area contributed by atoms with E-state index >= 15 is 0 Å². The molecule has 0 fully saturated rings. The van der Waals surface area contributed by atoms with Crippen molar-refractivity contribution in [1.29, 1.82) is 0 Å². The van der Waals surface area contributed by atoms with Gasteiger partial charge in [-0.05, 0) is 43.7 Å². The lowest BCUT2D eigenvalue weighted by Crippen LogP contribution is -2.29. The molecule has 0 aliphatic heterocycles. The molecule has 26 heavy (non-hydrogen) atoms. The normalized spacial score (nSPS) is 11.5. The summed E-state index contributed by atoms with van der Waals surface area (Å²) in [5.74, 6) is 2.04. The molecular formula is C18H21N5O2S. The highest BCUT2D eigenvalue weighted by atomic mass is 32.2. The average molecular weight is 371 g/mol. The third-order valence-corrected chi connectivity index (χ3v) is 5.18. The first-order valence-electron chi connectivity index (χ1n) is 8.23. The number of nitrogens with zero attached hydrogens (tertiary/aromatic N) is 3. The quantitative estimate of drug-likeness (QED) is 0.622. The van der Waals surface area contributed by atoms with Crippen LogP contribution in [0.4, 0.5) is 5.82 Å². The van der Waals surface area contributed by atoms with Crippen molar-refractivity contribution in [3.63, 3.8) is 0 Å². The van der Waals surface area contributed by atoms with Gasteiger partial charge in [0.2, 0.25) is 10.0 Å². The van der Waals surface area contributed by atoms with Crippen molar-refractivity contribution in [2.75, 3.05) is 18.4 Å². The van der Waals surface area contributed by atoms with E-state index in [1.807, 2.05) is 55.1 Å². The molecule has 8 heteroatoms. The lowest BCUT2D eigenvalue weighted by Gasteiger charge is -2.10. The van der Waals surface area contributed by atoms with Crippen molar-refractivity contribution in [3.05, 3.63) is 66.2 Å². The smallest absolute Gasteiger partial charge is 0.240 e. The minimum absolute atomic E-state index is 0.248. The third kappa shape index (κ3) is 4.47. The van der Waals surface area contributed by atoms with E-state index < -0.39 is 10.0 Å². The Balaban J connectivity index is 1.60. The van der Waals surface area contributed by atoms with E-state index in [4.69, 9.17) is 0 Å². The molecule has 0 bridgehead atoms. The van der Waals surface area contributed by atoms with Gasteiger partial charge in [-0.1, -0.05) is 12.1 Å². The summed E-state index contributed by atoms with van der Waals surface area (Å²) in [6, 6.07) is 12.5. The third-order valence-electron chi connectivity index (χ3n) is 3.72. The van der Waals surface area contributed by atoms with Crippen molar-refractivity contribution in [2.24, 2.45) is 0 Å². The van der Waals surface area contributed by atoms with E-state index in [0.717, 1.165) is 11.4 Å². The molecule has 136 valence electrons. The molecule has 0 saturated heterocycles. The highest BCUT2D eigenvalue weighted by Gasteiger charge is 2.13. The lowest BCUT2D eigenvalue weighted by atomic mass is 10.2. The maximum atomic E-state index is 12.3. The Morgan fingerprint density at radius 3 is 2.50 bits per heavy atom. The zero-order chi connectivity index (χ0) is 18.6. The number of benzene rings is 1. The summed E-state index contributed by atoms with van der Waals surface area (Å²) in [5.41, 5.74) is 0.903. The van der Waals surface area contributed by atoms with Crippen LogP contribution in [0.5, 0.6) is 0 Å². The molecule has 0 amide bonds. The molecule has 0 aliphatic carbocycles. The minimum Gasteiger partial charge on any atom is -0.369 e. The van der Waals surface area contributed by atoms with Crippen LogP contribution in [-0.2, 0) is 10.0 Å². The second-order valence-corrected chi connectivity index (χ2v) is 7.66. The molecular weight excluding hydrogens is 350 g/mol. The maximum absolute atomic E-state index is 12.3. The molecule has 2 N–H and O–H groups in total. The largest absolute Gasteiger partial charge is 0.369 e. The van der Waals surface area contributed by atoms with Crippen LogP contribution in [0.1, 0.15) is 11.4 Å². The lowest BCUT2D eigenvalue weighted by molar-refractivity contribution is 0.582. The van der Waals surface area contributed by atoms with E-state index in [2.05, 4.69) is 20.0 Å². The van der Waals surface area contributed by atoms with Crippen molar-refractivity contribution < 1.29 is 8.42 Å². The maximum Gasteiger partial charge on any atom is 0.240 e. The molecule has 3 aromatic rings. The summed E-state index contributed by atoms with van der Waals surface area (Å²) in [6.07, 6.45) is 3.81. The van der Waals surface area contributed by atoms with Gasteiger partial charge in [0, 0.05) is 31.5 Å². The molecule has 0 atom stereocenters.